The molecule has 3 nitrogen and oxygen atoms in total. The van der Waals surface area contributed by atoms with Crippen LogP contribution in [0.3, 0.4) is 0 Å². The molecule has 0 radical (unpaired) electrons. The van der Waals surface area contributed by atoms with Crippen molar-refractivity contribution in [1.29, 1.82) is 0 Å². The third kappa shape index (κ3) is 2.03. The maximum atomic E-state index is 13.2. The monoisotopic (exact) mass is 292 g/mol. The van der Waals surface area contributed by atoms with Gasteiger partial charge in [0.2, 0.25) is 0 Å². The van der Waals surface area contributed by atoms with Crippen LogP contribution < -0.4 is 0 Å². The SMILES string of the molecule is O=S(=O)(c1cccc(F)c1)C1Cc2ccccc2C1O. The summed E-state index contributed by atoms with van der Waals surface area (Å²) in [6.45, 7) is 0. The lowest BCUT2D eigenvalue weighted by atomic mass is 10.1. The Morgan fingerprint density at radius 3 is 2.55 bits per heavy atom. The number of hydrogen-bond acceptors (Lipinski definition) is 3. The first kappa shape index (κ1) is 13.3. The van der Waals surface area contributed by atoms with E-state index in [-0.39, 0.29) is 11.3 Å². The first-order chi connectivity index (χ1) is 9.50. The minimum absolute atomic E-state index is 0.0886. The van der Waals surface area contributed by atoms with Gasteiger partial charge in [-0.1, -0.05) is 30.3 Å². The predicted octanol–water partition coefficient (Wildman–Crippen LogP) is 2.26. The molecule has 2 unspecified atom stereocenters. The van der Waals surface area contributed by atoms with E-state index in [1.807, 2.05) is 6.07 Å². The van der Waals surface area contributed by atoms with Crippen molar-refractivity contribution in [3.05, 3.63) is 65.5 Å². The van der Waals surface area contributed by atoms with E-state index in [9.17, 15) is 17.9 Å². The Morgan fingerprint density at radius 2 is 1.85 bits per heavy atom. The molecule has 0 saturated carbocycles. The van der Waals surface area contributed by atoms with Crippen LogP contribution in [-0.4, -0.2) is 18.8 Å². The molecule has 20 heavy (non-hydrogen) atoms. The van der Waals surface area contributed by atoms with Crippen LogP contribution in [-0.2, 0) is 16.3 Å². The molecule has 1 aliphatic rings. The van der Waals surface area contributed by atoms with Gasteiger partial charge in [-0.2, -0.15) is 0 Å². The molecule has 2 aromatic rings. The van der Waals surface area contributed by atoms with Gasteiger partial charge < -0.3 is 5.11 Å². The lowest BCUT2D eigenvalue weighted by molar-refractivity contribution is 0.182. The van der Waals surface area contributed by atoms with Crippen molar-refractivity contribution in [3.8, 4) is 0 Å². The fourth-order valence-corrected chi connectivity index (χ4v) is 4.42. The highest BCUT2D eigenvalue weighted by Crippen LogP contribution is 2.37. The first-order valence-corrected chi connectivity index (χ1v) is 7.80. The molecule has 1 N–H and O–H groups in total. The second-order valence-electron chi connectivity index (χ2n) is 4.89. The number of sulfone groups is 1. The molecule has 0 amide bonds. The number of halogens is 1. The number of aliphatic hydroxyl groups is 1. The van der Waals surface area contributed by atoms with Crippen LogP contribution in [0.1, 0.15) is 17.2 Å². The summed E-state index contributed by atoms with van der Waals surface area (Å²) in [5.41, 5.74) is 1.46. The highest BCUT2D eigenvalue weighted by Gasteiger charge is 2.40. The van der Waals surface area contributed by atoms with Gasteiger partial charge in [0.15, 0.2) is 9.84 Å². The summed E-state index contributed by atoms with van der Waals surface area (Å²) >= 11 is 0. The van der Waals surface area contributed by atoms with Crippen molar-refractivity contribution in [2.24, 2.45) is 0 Å². The molecule has 0 aliphatic heterocycles. The average Bonchev–Trinajstić information content (AvgIpc) is 2.77. The normalized spacial score (nSPS) is 21.7. The zero-order chi connectivity index (χ0) is 14.3. The predicted molar refractivity (Wildman–Crippen MR) is 72.5 cm³/mol. The van der Waals surface area contributed by atoms with Gasteiger partial charge in [0.25, 0.3) is 0 Å². The second-order valence-corrected chi connectivity index (χ2v) is 7.06. The zero-order valence-corrected chi connectivity index (χ0v) is 11.3. The Kier molecular flexibility index (Phi) is 3.11. The molecule has 2 aromatic carbocycles. The molecular weight excluding hydrogens is 279 g/mol. The minimum atomic E-state index is -3.77. The van der Waals surface area contributed by atoms with E-state index in [1.165, 1.54) is 18.2 Å². The molecule has 0 aromatic heterocycles. The van der Waals surface area contributed by atoms with Crippen molar-refractivity contribution >= 4 is 9.84 Å². The van der Waals surface area contributed by atoms with Crippen molar-refractivity contribution in [2.45, 2.75) is 22.7 Å². The van der Waals surface area contributed by atoms with Gasteiger partial charge in [0, 0.05) is 0 Å². The van der Waals surface area contributed by atoms with E-state index < -0.39 is 27.0 Å². The van der Waals surface area contributed by atoms with Crippen LogP contribution in [0, 0.1) is 5.82 Å². The van der Waals surface area contributed by atoms with Crippen LogP contribution in [0.2, 0.25) is 0 Å². The van der Waals surface area contributed by atoms with Crippen molar-refractivity contribution in [2.75, 3.05) is 0 Å². The molecule has 5 heteroatoms. The number of benzene rings is 2. The van der Waals surface area contributed by atoms with Crippen molar-refractivity contribution in [3.63, 3.8) is 0 Å². The molecule has 0 spiro atoms. The van der Waals surface area contributed by atoms with Gasteiger partial charge in [-0.25, -0.2) is 12.8 Å². The number of aliphatic hydroxyl groups excluding tert-OH is 1. The third-order valence-corrected chi connectivity index (χ3v) is 5.80. The molecule has 0 saturated heterocycles. The fraction of sp³-hybridized carbons (Fsp3) is 0.200. The van der Waals surface area contributed by atoms with Gasteiger partial charge in [0.05, 0.1) is 16.2 Å². The number of hydrogen-bond donors (Lipinski definition) is 1. The summed E-state index contributed by atoms with van der Waals surface area (Å²) in [4.78, 5) is -0.0886. The van der Waals surface area contributed by atoms with Crippen LogP contribution in [0.15, 0.2) is 53.4 Å². The maximum Gasteiger partial charge on any atom is 0.184 e. The minimum Gasteiger partial charge on any atom is -0.387 e. The summed E-state index contributed by atoms with van der Waals surface area (Å²) in [6, 6.07) is 12.0. The second kappa shape index (κ2) is 4.68. The Labute approximate surface area is 116 Å². The van der Waals surface area contributed by atoms with Gasteiger partial charge in [0.1, 0.15) is 5.82 Å². The van der Waals surface area contributed by atoms with Crippen LogP contribution in [0.4, 0.5) is 4.39 Å². The largest absolute Gasteiger partial charge is 0.387 e. The van der Waals surface area contributed by atoms with Crippen molar-refractivity contribution in [1.82, 2.24) is 0 Å². The Morgan fingerprint density at radius 1 is 1.10 bits per heavy atom. The third-order valence-electron chi connectivity index (χ3n) is 3.67. The molecular formula is C15H13FO3S. The lowest BCUT2D eigenvalue weighted by Crippen LogP contribution is -2.26. The standard InChI is InChI=1S/C15H13FO3S/c16-11-5-3-6-12(9-11)20(18,19)14-8-10-4-1-2-7-13(10)15(14)17/h1-7,9,14-15,17H,8H2. The molecule has 2 atom stereocenters. The number of rotatable bonds is 2. The summed E-state index contributed by atoms with van der Waals surface area (Å²) in [7, 11) is -3.77. The Bertz CT molecular complexity index is 755. The molecule has 1 aliphatic carbocycles. The van der Waals surface area contributed by atoms with Crippen LogP contribution in [0.5, 0.6) is 0 Å². The van der Waals surface area contributed by atoms with E-state index >= 15 is 0 Å². The van der Waals surface area contributed by atoms with Gasteiger partial charge in [-0.15, -0.1) is 0 Å². The average molecular weight is 292 g/mol. The smallest absolute Gasteiger partial charge is 0.184 e. The Hall–Kier alpha value is -1.72. The van der Waals surface area contributed by atoms with Crippen molar-refractivity contribution < 1.29 is 17.9 Å². The highest BCUT2D eigenvalue weighted by atomic mass is 32.2. The van der Waals surface area contributed by atoms with E-state index in [0.29, 0.717) is 5.56 Å². The molecule has 0 heterocycles. The summed E-state index contributed by atoms with van der Waals surface area (Å²) in [6.07, 6.45) is -0.824. The van der Waals surface area contributed by atoms with E-state index in [4.69, 9.17) is 0 Å². The summed E-state index contributed by atoms with van der Waals surface area (Å²) < 4.78 is 38.3. The van der Waals surface area contributed by atoms with E-state index in [1.54, 1.807) is 18.2 Å². The van der Waals surface area contributed by atoms with Crippen LogP contribution in [0.25, 0.3) is 0 Å². The summed E-state index contributed by atoms with van der Waals surface area (Å²) in [5, 5.41) is 9.28. The lowest BCUT2D eigenvalue weighted by Gasteiger charge is -2.16. The van der Waals surface area contributed by atoms with Crippen LogP contribution >= 0.6 is 0 Å². The van der Waals surface area contributed by atoms with Gasteiger partial charge in [-0.05, 0) is 35.7 Å². The van der Waals surface area contributed by atoms with Gasteiger partial charge in [-0.3, -0.25) is 0 Å². The molecule has 104 valence electrons. The molecule has 3 rings (SSSR count). The van der Waals surface area contributed by atoms with E-state index in [2.05, 4.69) is 0 Å². The van der Waals surface area contributed by atoms with E-state index in [0.717, 1.165) is 11.6 Å². The number of fused-ring (bicyclic) bond motifs is 1. The quantitative estimate of drug-likeness (QED) is 0.923. The first-order valence-electron chi connectivity index (χ1n) is 6.25. The summed E-state index contributed by atoms with van der Waals surface area (Å²) in [5.74, 6) is -0.601. The maximum absolute atomic E-state index is 13.2. The molecule has 0 fully saturated rings. The fourth-order valence-electron chi connectivity index (χ4n) is 2.64. The highest BCUT2D eigenvalue weighted by molar-refractivity contribution is 7.92. The topological polar surface area (TPSA) is 54.4 Å². The Balaban J connectivity index is 2.03. The molecule has 0 bridgehead atoms. The zero-order valence-electron chi connectivity index (χ0n) is 10.5. The van der Waals surface area contributed by atoms with Gasteiger partial charge >= 0.3 is 0 Å².